The number of rotatable bonds is 5. The summed E-state index contributed by atoms with van der Waals surface area (Å²) >= 11 is 0. The molecule has 1 saturated carbocycles. The van der Waals surface area contributed by atoms with E-state index in [1.165, 1.54) is 12.1 Å². The lowest BCUT2D eigenvalue weighted by molar-refractivity contribution is 0.174. The summed E-state index contributed by atoms with van der Waals surface area (Å²) in [5, 5.41) is 5.77. The fourth-order valence-corrected chi connectivity index (χ4v) is 3.07. The third kappa shape index (κ3) is 3.38. The number of carbonyl (C=O) groups is 1. The average Bonchev–Trinajstić information content (AvgIpc) is 3.27. The van der Waals surface area contributed by atoms with Gasteiger partial charge in [0, 0.05) is 18.5 Å². The van der Waals surface area contributed by atoms with Crippen molar-refractivity contribution in [2.45, 2.75) is 24.8 Å². The van der Waals surface area contributed by atoms with E-state index in [1.54, 1.807) is 12.1 Å². The van der Waals surface area contributed by atoms with E-state index in [1.807, 2.05) is 18.2 Å². The summed E-state index contributed by atoms with van der Waals surface area (Å²) in [6, 6.07) is 11.9. The Balaban J connectivity index is 1.29. The first-order valence-electron chi connectivity index (χ1n) is 8.31. The number of hydrogen-bond donors (Lipinski definition) is 2. The van der Waals surface area contributed by atoms with Crippen LogP contribution >= 0.6 is 0 Å². The molecule has 0 saturated heterocycles. The Morgan fingerprint density at radius 1 is 1.04 bits per heavy atom. The summed E-state index contributed by atoms with van der Waals surface area (Å²) in [6.07, 6.45) is 2.00. The van der Waals surface area contributed by atoms with E-state index < -0.39 is 0 Å². The Labute approximate surface area is 145 Å². The SMILES string of the molecule is O=C(NCc1ccc2c(c1)OCO2)NCC1(c2ccc(F)cc2)CC1. The number of nitrogens with one attached hydrogen (secondary N) is 2. The van der Waals surface area contributed by atoms with Gasteiger partial charge in [0.1, 0.15) is 5.82 Å². The van der Waals surface area contributed by atoms with Crippen LogP contribution in [0.25, 0.3) is 0 Å². The highest BCUT2D eigenvalue weighted by Gasteiger charge is 2.44. The Morgan fingerprint density at radius 3 is 2.56 bits per heavy atom. The molecule has 130 valence electrons. The van der Waals surface area contributed by atoms with Crippen LogP contribution in [0.2, 0.25) is 0 Å². The standard InChI is InChI=1S/C19H19FN2O3/c20-15-4-2-14(3-5-15)19(7-8-19)11-22-18(23)21-10-13-1-6-16-17(9-13)25-12-24-16/h1-6,9H,7-8,10-12H2,(H2,21,22,23). The molecule has 1 aliphatic heterocycles. The Bertz CT molecular complexity index is 788. The van der Waals surface area contributed by atoms with E-state index in [4.69, 9.17) is 9.47 Å². The van der Waals surface area contributed by atoms with Crippen molar-refractivity contribution in [3.8, 4) is 11.5 Å². The first-order valence-corrected chi connectivity index (χ1v) is 8.31. The van der Waals surface area contributed by atoms with Crippen molar-refractivity contribution in [2.24, 2.45) is 0 Å². The fourth-order valence-electron chi connectivity index (χ4n) is 3.07. The van der Waals surface area contributed by atoms with Gasteiger partial charge in [0.15, 0.2) is 11.5 Å². The molecule has 0 spiro atoms. The Kier molecular flexibility index (Phi) is 3.95. The summed E-state index contributed by atoms with van der Waals surface area (Å²) in [5.74, 6) is 1.19. The lowest BCUT2D eigenvalue weighted by atomic mass is 9.96. The first kappa shape index (κ1) is 15.7. The van der Waals surface area contributed by atoms with Gasteiger partial charge in [0.2, 0.25) is 6.79 Å². The van der Waals surface area contributed by atoms with Gasteiger partial charge in [-0.15, -0.1) is 0 Å². The summed E-state index contributed by atoms with van der Waals surface area (Å²) in [7, 11) is 0. The summed E-state index contributed by atoms with van der Waals surface area (Å²) in [6.45, 7) is 1.19. The molecule has 0 radical (unpaired) electrons. The number of hydrogen-bond acceptors (Lipinski definition) is 3. The Morgan fingerprint density at radius 2 is 1.80 bits per heavy atom. The van der Waals surface area contributed by atoms with Crippen LogP contribution in [0.3, 0.4) is 0 Å². The molecule has 0 bridgehead atoms. The minimum atomic E-state index is -0.242. The highest BCUT2D eigenvalue weighted by molar-refractivity contribution is 5.74. The van der Waals surface area contributed by atoms with E-state index in [9.17, 15) is 9.18 Å². The maximum Gasteiger partial charge on any atom is 0.315 e. The minimum Gasteiger partial charge on any atom is -0.454 e. The maximum absolute atomic E-state index is 13.1. The van der Waals surface area contributed by atoms with Crippen molar-refractivity contribution in [1.29, 1.82) is 0 Å². The molecule has 4 rings (SSSR count). The van der Waals surface area contributed by atoms with Crippen molar-refractivity contribution >= 4 is 6.03 Å². The number of benzene rings is 2. The van der Waals surface area contributed by atoms with Crippen molar-refractivity contribution in [2.75, 3.05) is 13.3 Å². The van der Waals surface area contributed by atoms with Crippen LogP contribution in [0.5, 0.6) is 11.5 Å². The lowest BCUT2D eigenvalue weighted by Crippen LogP contribution is -2.39. The molecular formula is C19H19FN2O3. The predicted molar refractivity (Wildman–Crippen MR) is 90.1 cm³/mol. The second-order valence-electron chi connectivity index (χ2n) is 6.51. The molecule has 2 aromatic carbocycles. The highest BCUT2D eigenvalue weighted by atomic mass is 19.1. The van der Waals surface area contributed by atoms with Crippen molar-refractivity contribution in [3.05, 3.63) is 59.4 Å². The molecule has 0 aromatic heterocycles. The van der Waals surface area contributed by atoms with E-state index in [0.717, 1.165) is 29.7 Å². The topological polar surface area (TPSA) is 59.6 Å². The fraction of sp³-hybridized carbons (Fsp3) is 0.316. The van der Waals surface area contributed by atoms with Crippen molar-refractivity contribution in [3.63, 3.8) is 0 Å². The number of ether oxygens (including phenoxy) is 2. The molecule has 0 atom stereocenters. The van der Waals surface area contributed by atoms with Gasteiger partial charge in [-0.05, 0) is 48.2 Å². The summed E-state index contributed by atoms with van der Waals surface area (Å²) in [5.41, 5.74) is 1.97. The number of halogens is 1. The second kappa shape index (κ2) is 6.27. The van der Waals surface area contributed by atoms with Crippen molar-refractivity contribution in [1.82, 2.24) is 10.6 Å². The second-order valence-corrected chi connectivity index (χ2v) is 6.51. The van der Waals surface area contributed by atoms with Gasteiger partial charge in [0.05, 0.1) is 0 Å². The molecule has 2 aromatic rings. The largest absolute Gasteiger partial charge is 0.454 e. The zero-order chi connectivity index (χ0) is 17.3. The zero-order valence-electron chi connectivity index (χ0n) is 13.7. The number of urea groups is 1. The van der Waals surface area contributed by atoms with E-state index in [-0.39, 0.29) is 24.1 Å². The molecule has 25 heavy (non-hydrogen) atoms. The highest BCUT2D eigenvalue weighted by Crippen LogP contribution is 2.47. The van der Waals surface area contributed by atoms with Gasteiger partial charge in [-0.25, -0.2) is 9.18 Å². The van der Waals surface area contributed by atoms with Gasteiger partial charge in [0.25, 0.3) is 0 Å². The molecule has 6 heteroatoms. The first-order chi connectivity index (χ1) is 12.1. The third-order valence-electron chi connectivity index (χ3n) is 4.79. The van der Waals surface area contributed by atoms with Gasteiger partial charge < -0.3 is 20.1 Å². The molecule has 0 unspecified atom stereocenters. The molecule has 2 N–H and O–H groups in total. The molecule has 1 fully saturated rings. The van der Waals surface area contributed by atoms with Gasteiger partial charge >= 0.3 is 6.03 Å². The smallest absolute Gasteiger partial charge is 0.315 e. The monoisotopic (exact) mass is 342 g/mol. The maximum atomic E-state index is 13.1. The van der Waals surface area contributed by atoms with Crippen molar-refractivity contribution < 1.29 is 18.7 Å². The van der Waals surface area contributed by atoms with Crippen LogP contribution in [0.1, 0.15) is 24.0 Å². The minimum absolute atomic E-state index is 0.0518. The van der Waals surface area contributed by atoms with Crippen LogP contribution in [-0.2, 0) is 12.0 Å². The third-order valence-corrected chi connectivity index (χ3v) is 4.79. The van der Waals surface area contributed by atoms with Gasteiger partial charge in [-0.2, -0.15) is 0 Å². The van der Waals surface area contributed by atoms with E-state index in [0.29, 0.717) is 18.8 Å². The van der Waals surface area contributed by atoms with Crippen LogP contribution < -0.4 is 20.1 Å². The summed E-state index contributed by atoms with van der Waals surface area (Å²) < 4.78 is 23.6. The number of amides is 2. The predicted octanol–water partition coefficient (Wildman–Crippen LogP) is 3.09. The molecule has 2 aliphatic rings. The molecule has 1 heterocycles. The van der Waals surface area contributed by atoms with E-state index in [2.05, 4.69) is 10.6 Å². The summed E-state index contributed by atoms with van der Waals surface area (Å²) in [4.78, 5) is 12.1. The zero-order valence-corrected chi connectivity index (χ0v) is 13.7. The van der Waals surface area contributed by atoms with E-state index >= 15 is 0 Å². The van der Waals surface area contributed by atoms with Crippen LogP contribution in [0, 0.1) is 5.82 Å². The number of fused-ring (bicyclic) bond motifs is 1. The van der Waals surface area contributed by atoms with Gasteiger partial charge in [-0.3, -0.25) is 0 Å². The molecule has 5 nitrogen and oxygen atoms in total. The normalized spacial score (nSPS) is 16.4. The molecular weight excluding hydrogens is 323 g/mol. The van der Waals surface area contributed by atoms with Crippen LogP contribution in [-0.4, -0.2) is 19.4 Å². The molecule has 1 aliphatic carbocycles. The lowest BCUT2D eigenvalue weighted by Gasteiger charge is -2.17. The van der Waals surface area contributed by atoms with Gasteiger partial charge in [-0.1, -0.05) is 18.2 Å². The average molecular weight is 342 g/mol. The quantitative estimate of drug-likeness (QED) is 0.878. The van der Waals surface area contributed by atoms with Crippen LogP contribution in [0.15, 0.2) is 42.5 Å². The Hall–Kier alpha value is -2.76. The molecule has 2 amide bonds. The van der Waals surface area contributed by atoms with Crippen LogP contribution in [0.4, 0.5) is 9.18 Å². The number of carbonyl (C=O) groups excluding carboxylic acids is 1.